The van der Waals surface area contributed by atoms with Gasteiger partial charge in [-0.05, 0) is 37.7 Å². The number of rotatable bonds is 2. The molecule has 0 N–H and O–H groups in total. The Morgan fingerprint density at radius 1 is 1.14 bits per heavy atom. The zero-order valence-corrected chi connectivity index (χ0v) is 16.5. The van der Waals surface area contributed by atoms with Crippen molar-refractivity contribution in [2.75, 3.05) is 14.1 Å². The minimum absolute atomic E-state index is 0.332. The van der Waals surface area contributed by atoms with Gasteiger partial charge in [0.1, 0.15) is 0 Å². The average molecular weight is 352 g/mol. The van der Waals surface area contributed by atoms with Crippen molar-refractivity contribution in [3.63, 3.8) is 0 Å². The van der Waals surface area contributed by atoms with E-state index in [2.05, 4.69) is 57.7 Å². The van der Waals surface area contributed by atoms with Crippen LogP contribution in [0.5, 0.6) is 0 Å². The van der Waals surface area contributed by atoms with Crippen molar-refractivity contribution in [3.8, 4) is 0 Å². The smallest absolute Gasteiger partial charge is 0.213 e. The van der Waals surface area contributed by atoms with Crippen molar-refractivity contribution < 1.29 is 0 Å². The molecule has 118 valence electrons. The van der Waals surface area contributed by atoms with Crippen LogP contribution in [0.1, 0.15) is 41.6 Å². The second-order valence-corrected chi connectivity index (χ2v) is 9.66. The Labute approximate surface area is 146 Å². The Morgan fingerprint density at radius 2 is 1.77 bits per heavy atom. The molecule has 0 amide bonds. The highest BCUT2D eigenvalue weighted by atomic mass is 32.1. The number of aryl methyl sites for hydroxylation is 2. The Bertz CT molecular complexity index is 699. The van der Waals surface area contributed by atoms with E-state index >= 15 is 0 Å². The van der Waals surface area contributed by atoms with Crippen molar-refractivity contribution in [2.45, 2.75) is 46.2 Å². The molecular formula is C17H23N2S3+. The zero-order valence-electron chi connectivity index (χ0n) is 14.1. The molecule has 2 aliphatic heterocycles. The molecule has 1 aromatic rings. The van der Waals surface area contributed by atoms with Gasteiger partial charge in [0.2, 0.25) is 16.3 Å². The van der Waals surface area contributed by atoms with Gasteiger partial charge >= 0.3 is 0 Å². The molecule has 0 spiro atoms. The molecule has 0 radical (unpaired) electrons. The van der Waals surface area contributed by atoms with Crippen LogP contribution in [0.15, 0.2) is 16.5 Å². The van der Waals surface area contributed by atoms with Crippen molar-refractivity contribution in [1.82, 2.24) is 9.80 Å². The fraction of sp³-hybridized carbons (Fsp3) is 0.529. The van der Waals surface area contributed by atoms with Gasteiger partial charge in [0.25, 0.3) is 0 Å². The Kier molecular flexibility index (Phi) is 4.16. The summed E-state index contributed by atoms with van der Waals surface area (Å²) in [5.41, 5.74) is 2.99. The number of likely N-dealkylation sites (N-methyl/N-ethyl adjacent to an activating group) is 2. The summed E-state index contributed by atoms with van der Waals surface area (Å²) >= 11 is 9.52. The van der Waals surface area contributed by atoms with Gasteiger partial charge < -0.3 is 9.80 Å². The molecule has 3 rings (SSSR count). The molecule has 2 atom stereocenters. The quantitative estimate of drug-likeness (QED) is 0.589. The molecule has 2 nitrogen and oxygen atoms in total. The lowest BCUT2D eigenvalue weighted by Gasteiger charge is -2.26. The van der Waals surface area contributed by atoms with Crippen molar-refractivity contribution in [1.29, 1.82) is 0 Å². The van der Waals surface area contributed by atoms with Gasteiger partial charge in [-0.2, -0.15) is 0 Å². The van der Waals surface area contributed by atoms with Crippen LogP contribution in [0.4, 0.5) is 0 Å². The normalized spacial score (nSPS) is 25.5. The van der Waals surface area contributed by atoms with E-state index in [1.165, 1.54) is 25.1 Å². The fourth-order valence-corrected chi connectivity index (χ4v) is 5.99. The predicted molar refractivity (Wildman–Crippen MR) is 104 cm³/mol. The van der Waals surface area contributed by atoms with Crippen LogP contribution in [0.3, 0.4) is 0 Å². The van der Waals surface area contributed by atoms with Crippen molar-refractivity contribution in [3.05, 3.63) is 31.9 Å². The third-order valence-electron chi connectivity index (χ3n) is 4.71. The number of hydrogen-bond donors (Lipinski definition) is 0. The minimum Gasteiger partial charge on any atom is -0.343 e. The van der Waals surface area contributed by atoms with Crippen LogP contribution in [0.2, 0.25) is 0 Å². The standard InChI is InChI=1S/C17H23N2S3/c1-9-7-13(11(3)21-9)15-16(19(6)17(20)18(15)5)14-8-10(2)22-12(14)4/h7,15-16H,8H2,1-6H3/q+1. The largest absolute Gasteiger partial charge is 0.343 e. The van der Waals surface area contributed by atoms with E-state index in [0.717, 1.165) is 11.5 Å². The average Bonchev–Trinajstić information content (AvgIpc) is 3.01. The third-order valence-corrected chi connectivity index (χ3v) is 7.33. The third kappa shape index (κ3) is 2.43. The Hall–Kier alpha value is -0.780. The molecule has 2 aliphatic rings. The maximum absolute atomic E-state index is 5.69. The van der Waals surface area contributed by atoms with Crippen LogP contribution >= 0.6 is 23.6 Å². The summed E-state index contributed by atoms with van der Waals surface area (Å²) in [6.07, 6.45) is 1.10. The molecule has 0 bridgehead atoms. The first kappa shape index (κ1) is 16.1. The molecule has 1 saturated heterocycles. The lowest BCUT2D eigenvalue weighted by Crippen LogP contribution is -2.32. The molecule has 5 heteroatoms. The number of thiophene rings is 1. The number of allylic oxidation sites excluding steroid dienone is 1. The highest BCUT2D eigenvalue weighted by molar-refractivity contribution is 7.83. The maximum Gasteiger partial charge on any atom is 0.213 e. The molecule has 0 aliphatic carbocycles. The molecule has 0 saturated carbocycles. The molecule has 1 aromatic heterocycles. The first-order chi connectivity index (χ1) is 10.3. The Morgan fingerprint density at radius 3 is 2.27 bits per heavy atom. The molecule has 3 heterocycles. The van der Waals surface area contributed by atoms with Gasteiger partial charge in [-0.1, -0.05) is 0 Å². The van der Waals surface area contributed by atoms with Gasteiger partial charge in [-0.25, -0.2) is 0 Å². The highest BCUT2D eigenvalue weighted by Crippen LogP contribution is 2.43. The first-order valence-corrected chi connectivity index (χ1v) is 9.62. The lowest BCUT2D eigenvalue weighted by atomic mass is 9.91. The first-order valence-electron chi connectivity index (χ1n) is 7.57. The van der Waals surface area contributed by atoms with E-state index < -0.39 is 0 Å². The molecule has 2 unspecified atom stereocenters. The van der Waals surface area contributed by atoms with Crippen LogP contribution in [-0.4, -0.2) is 39.9 Å². The second-order valence-electron chi connectivity index (χ2n) is 6.32. The van der Waals surface area contributed by atoms with E-state index in [1.54, 1.807) is 5.57 Å². The summed E-state index contributed by atoms with van der Waals surface area (Å²) < 4.78 is 0. The van der Waals surface area contributed by atoms with Crippen molar-refractivity contribution >= 4 is 44.9 Å². The van der Waals surface area contributed by atoms with E-state index in [-0.39, 0.29) is 0 Å². The second kappa shape index (κ2) is 5.69. The molecule has 22 heavy (non-hydrogen) atoms. The zero-order chi connectivity index (χ0) is 16.2. The number of thiocarbonyl (C=S) groups is 1. The maximum atomic E-state index is 5.69. The van der Waals surface area contributed by atoms with Crippen LogP contribution < -0.4 is 0 Å². The highest BCUT2D eigenvalue weighted by Gasteiger charge is 2.46. The van der Waals surface area contributed by atoms with E-state index in [4.69, 9.17) is 12.2 Å². The molecular weight excluding hydrogens is 328 g/mol. The topological polar surface area (TPSA) is 6.48 Å². The Balaban J connectivity index is 2.08. The number of nitrogens with zero attached hydrogens (tertiary/aromatic N) is 2. The van der Waals surface area contributed by atoms with Gasteiger partial charge in [-0.3, -0.25) is 0 Å². The SMILES string of the molecule is CC1=[S+]C(C)=C(C2C(c3cc(C)sc3C)N(C)C(=S)N2C)C1. The monoisotopic (exact) mass is 351 g/mol. The molecule has 1 fully saturated rings. The van der Waals surface area contributed by atoms with Crippen LogP contribution in [-0.2, 0) is 11.4 Å². The minimum atomic E-state index is 0.332. The molecule has 0 aromatic carbocycles. The predicted octanol–water partition coefficient (Wildman–Crippen LogP) is 3.89. The fourth-order valence-electron chi connectivity index (χ4n) is 3.73. The van der Waals surface area contributed by atoms with Crippen LogP contribution in [0.25, 0.3) is 0 Å². The van der Waals surface area contributed by atoms with Crippen LogP contribution in [0, 0.1) is 13.8 Å². The number of hydrogen-bond acceptors (Lipinski definition) is 2. The summed E-state index contributed by atoms with van der Waals surface area (Å²) in [5.74, 6) is 0. The van der Waals surface area contributed by atoms with Gasteiger partial charge in [0, 0.05) is 43.3 Å². The summed E-state index contributed by atoms with van der Waals surface area (Å²) in [7, 11) is 4.29. The van der Waals surface area contributed by atoms with Gasteiger partial charge in [-0.15, -0.1) is 11.3 Å². The van der Waals surface area contributed by atoms with Gasteiger partial charge in [0.15, 0.2) is 9.98 Å². The summed E-state index contributed by atoms with van der Waals surface area (Å²) in [6, 6.07) is 3.04. The lowest BCUT2D eigenvalue weighted by molar-refractivity contribution is 0.342. The van der Waals surface area contributed by atoms with Gasteiger partial charge in [0.05, 0.1) is 18.5 Å². The summed E-state index contributed by atoms with van der Waals surface area (Å²) in [4.78, 5) is 10.3. The summed E-state index contributed by atoms with van der Waals surface area (Å²) in [6.45, 7) is 8.93. The van der Waals surface area contributed by atoms with E-state index in [9.17, 15) is 0 Å². The van der Waals surface area contributed by atoms with Crippen molar-refractivity contribution in [2.24, 2.45) is 0 Å². The van der Waals surface area contributed by atoms with E-state index in [0.29, 0.717) is 12.1 Å². The summed E-state index contributed by atoms with van der Waals surface area (Å²) in [5, 5.41) is 0.952. The van der Waals surface area contributed by atoms with E-state index in [1.807, 2.05) is 22.7 Å².